The topological polar surface area (TPSA) is 62.5 Å². The number of hydrogen-bond donors (Lipinski definition) is 2. The molecule has 0 radical (unpaired) electrons. The van der Waals surface area contributed by atoms with Gasteiger partial charge in [-0.3, -0.25) is 10.4 Å². The number of nitrogens with one attached hydrogen (secondary N) is 2. The number of thiocarbonyl (C=S) groups is 1. The van der Waals surface area contributed by atoms with Gasteiger partial charge in [-0.1, -0.05) is 6.07 Å². The van der Waals surface area contributed by atoms with Gasteiger partial charge in [0.2, 0.25) is 0 Å². The van der Waals surface area contributed by atoms with E-state index in [0.29, 0.717) is 11.7 Å². The number of aromatic nitrogens is 1. The molecule has 0 aliphatic rings. The van der Waals surface area contributed by atoms with Crippen LogP contribution in [0.1, 0.15) is 11.3 Å². The second kappa shape index (κ2) is 6.51. The quantitative estimate of drug-likeness (QED) is 0.497. The smallest absolute Gasteiger partial charge is 0.187 e. The second-order valence-electron chi connectivity index (χ2n) is 3.42. The van der Waals surface area contributed by atoms with Crippen LogP contribution in [-0.2, 0) is 6.54 Å². The maximum atomic E-state index is 5.16. The van der Waals surface area contributed by atoms with E-state index in [1.165, 1.54) is 0 Å². The van der Waals surface area contributed by atoms with Gasteiger partial charge in [0.05, 0.1) is 19.0 Å². The molecule has 92 valence electrons. The van der Waals surface area contributed by atoms with Gasteiger partial charge in [-0.15, -0.1) is 0 Å². The van der Waals surface area contributed by atoms with Crippen molar-refractivity contribution in [3.8, 4) is 0 Å². The van der Waals surface area contributed by atoms with Crippen LogP contribution in [0.15, 0.2) is 52.4 Å². The van der Waals surface area contributed by atoms with E-state index >= 15 is 0 Å². The summed E-state index contributed by atoms with van der Waals surface area (Å²) in [6.07, 6.45) is 6.69. The van der Waals surface area contributed by atoms with Gasteiger partial charge in [0, 0.05) is 18.0 Å². The standard InChI is InChI=1S/C12H12N4OS/c18-12(14-9-11-4-2-6-17-11)16-15-8-10-3-1-5-13-7-10/h1-8H,9H2,(H2,14,16,18)/b15-8-. The molecule has 2 aromatic rings. The molecule has 0 atom stereocenters. The highest BCUT2D eigenvalue weighted by molar-refractivity contribution is 7.80. The van der Waals surface area contributed by atoms with Gasteiger partial charge in [0.25, 0.3) is 0 Å². The minimum atomic E-state index is 0.437. The summed E-state index contributed by atoms with van der Waals surface area (Å²) < 4.78 is 5.16. The Morgan fingerprint density at radius 1 is 1.44 bits per heavy atom. The molecule has 2 heterocycles. The third-order valence-electron chi connectivity index (χ3n) is 2.07. The Bertz CT molecular complexity index is 510. The van der Waals surface area contributed by atoms with Crippen LogP contribution in [0.25, 0.3) is 0 Å². The van der Waals surface area contributed by atoms with Crippen molar-refractivity contribution in [1.29, 1.82) is 0 Å². The molecule has 0 amide bonds. The molecular formula is C12H12N4OS. The normalized spacial score (nSPS) is 10.4. The maximum Gasteiger partial charge on any atom is 0.187 e. The molecule has 0 aromatic carbocycles. The number of furan rings is 1. The number of hydrazone groups is 1. The summed E-state index contributed by atoms with van der Waals surface area (Å²) in [5, 5.41) is 7.40. The molecule has 0 aliphatic heterocycles. The zero-order valence-corrected chi connectivity index (χ0v) is 10.4. The van der Waals surface area contributed by atoms with Crippen molar-refractivity contribution in [3.63, 3.8) is 0 Å². The molecular weight excluding hydrogens is 248 g/mol. The molecule has 0 aliphatic carbocycles. The van der Waals surface area contributed by atoms with Gasteiger partial charge in [-0.2, -0.15) is 5.10 Å². The molecule has 18 heavy (non-hydrogen) atoms. The number of pyridine rings is 1. The minimum Gasteiger partial charge on any atom is -0.467 e. The lowest BCUT2D eigenvalue weighted by Crippen LogP contribution is -2.31. The average Bonchev–Trinajstić information content (AvgIpc) is 2.91. The summed E-state index contributed by atoms with van der Waals surface area (Å²) >= 11 is 5.05. The Balaban J connectivity index is 1.73. The predicted molar refractivity (Wildman–Crippen MR) is 73.1 cm³/mol. The molecule has 0 unspecified atom stereocenters. The summed E-state index contributed by atoms with van der Waals surface area (Å²) in [5.74, 6) is 0.815. The van der Waals surface area contributed by atoms with E-state index in [0.717, 1.165) is 11.3 Å². The molecule has 0 saturated heterocycles. The van der Waals surface area contributed by atoms with E-state index in [-0.39, 0.29) is 0 Å². The fraction of sp³-hybridized carbons (Fsp3) is 0.0833. The third kappa shape index (κ3) is 3.99. The number of hydrogen-bond acceptors (Lipinski definition) is 4. The fourth-order valence-electron chi connectivity index (χ4n) is 1.24. The monoisotopic (exact) mass is 260 g/mol. The van der Waals surface area contributed by atoms with E-state index in [9.17, 15) is 0 Å². The van der Waals surface area contributed by atoms with E-state index < -0.39 is 0 Å². The first-order valence-electron chi connectivity index (χ1n) is 5.34. The average molecular weight is 260 g/mol. The number of nitrogens with zero attached hydrogens (tertiary/aromatic N) is 2. The largest absolute Gasteiger partial charge is 0.467 e. The first kappa shape index (κ1) is 12.3. The Morgan fingerprint density at radius 3 is 3.11 bits per heavy atom. The molecule has 0 bridgehead atoms. The zero-order valence-electron chi connectivity index (χ0n) is 9.54. The van der Waals surface area contributed by atoms with Gasteiger partial charge in [-0.05, 0) is 30.4 Å². The van der Waals surface area contributed by atoms with Crippen molar-refractivity contribution >= 4 is 23.5 Å². The first-order valence-corrected chi connectivity index (χ1v) is 5.75. The lowest BCUT2D eigenvalue weighted by atomic mass is 10.3. The molecule has 0 spiro atoms. The number of rotatable bonds is 4. The van der Waals surface area contributed by atoms with E-state index in [2.05, 4.69) is 20.8 Å². The van der Waals surface area contributed by atoms with Crippen LogP contribution in [0, 0.1) is 0 Å². The van der Waals surface area contributed by atoms with Crippen LogP contribution in [-0.4, -0.2) is 16.3 Å². The van der Waals surface area contributed by atoms with Crippen molar-refractivity contribution in [1.82, 2.24) is 15.7 Å². The molecule has 0 saturated carbocycles. The van der Waals surface area contributed by atoms with E-state index in [4.69, 9.17) is 16.6 Å². The Morgan fingerprint density at radius 2 is 2.39 bits per heavy atom. The second-order valence-corrected chi connectivity index (χ2v) is 3.83. The maximum absolute atomic E-state index is 5.16. The summed E-state index contributed by atoms with van der Waals surface area (Å²) in [7, 11) is 0. The Hall–Kier alpha value is -2.21. The Labute approximate surface area is 110 Å². The Kier molecular flexibility index (Phi) is 4.43. The van der Waals surface area contributed by atoms with Crippen LogP contribution < -0.4 is 10.7 Å². The molecule has 2 aromatic heterocycles. The minimum absolute atomic E-state index is 0.437. The highest BCUT2D eigenvalue weighted by Gasteiger charge is 1.96. The van der Waals surface area contributed by atoms with Gasteiger partial charge < -0.3 is 9.73 Å². The molecule has 6 heteroatoms. The van der Waals surface area contributed by atoms with Gasteiger partial charge in [0.15, 0.2) is 5.11 Å². The lowest BCUT2D eigenvalue weighted by Gasteiger charge is -2.04. The van der Waals surface area contributed by atoms with Crippen LogP contribution in [0.3, 0.4) is 0 Å². The fourth-order valence-corrected chi connectivity index (χ4v) is 1.36. The van der Waals surface area contributed by atoms with Crippen molar-refractivity contribution in [2.45, 2.75) is 6.54 Å². The summed E-state index contributed by atoms with van der Waals surface area (Å²) in [4.78, 5) is 3.97. The molecule has 2 N–H and O–H groups in total. The molecule has 5 nitrogen and oxygen atoms in total. The van der Waals surface area contributed by atoms with E-state index in [1.807, 2.05) is 24.3 Å². The zero-order chi connectivity index (χ0) is 12.6. The first-order chi connectivity index (χ1) is 8.84. The van der Waals surface area contributed by atoms with Crippen molar-refractivity contribution in [3.05, 3.63) is 54.2 Å². The van der Waals surface area contributed by atoms with Crippen molar-refractivity contribution in [2.24, 2.45) is 5.10 Å². The third-order valence-corrected chi connectivity index (χ3v) is 2.30. The van der Waals surface area contributed by atoms with Crippen molar-refractivity contribution in [2.75, 3.05) is 0 Å². The lowest BCUT2D eigenvalue weighted by molar-refractivity contribution is 0.502. The SMILES string of the molecule is S=C(NCc1ccco1)N/N=C\c1cccnc1. The van der Waals surface area contributed by atoms with Crippen LogP contribution in [0.5, 0.6) is 0 Å². The van der Waals surface area contributed by atoms with Crippen LogP contribution in [0.2, 0.25) is 0 Å². The van der Waals surface area contributed by atoms with Crippen molar-refractivity contribution < 1.29 is 4.42 Å². The van der Waals surface area contributed by atoms with Gasteiger partial charge in [-0.25, -0.2) is 0 Å². The molecule has 2 rings (SSSR count). The van der Waals surface area contributed by atoms with E-state index in [1.54, 1.807) is 24.9 Å². The predicted octanol–water partition coefficient (Wildman–Crippen LogP) is 1.67. The van der Waals surface area contributed by atoms with Gasteiger partial charge >= 0.3 is 0 Å². The summed E-state index contributed by atoms with van der Waals surface area (Å²) in [6, 6.07) is 7.44. The van der Waals surface area contributed by atoms with Crippen LogP contribution in [0.4, 0.5) is 0 Å². The van der Waals surface area contributed by atoms with Crippen LogP contribution >= 0.6 is 12.2 Å². The molecule has 0 fully saturated rings. The summed E-state index contributed by atoms with van der Waals surface area (Å²) in [6.45, 7) is 0.529. The highest BCUT2D eigenvalue weighted by Crippen LogP contribution is 1.98. The highest BCUT2D eigenvalue weighted by atomic mass is 32.1. The summed E-state index contributed by atoms with van der Waals surface area (Å²) in [5.41, 5.74) is 3.62. The van der Waals surface area contributed by atoms with Gasteiger partial charge in [0.1, 0.15) is 5.76 Å².